The summed E-state index contributed by atoms with van der Waals surface area (Å²) >= 11 is 1.64. The Morgan fingerprint density at radius 3 is 2.85 bits per heavy atom. The molecule has 0 fully saturated rings. The molecular weight excluding hydrogens is 346 g/mol. The first-order valence-corrected chi connectivity index (χ1v) is 9.78. The molecule has 0 saturated carbocycles. The molecule has 0 amide bonds. The third-order valence-corrected chi connectivity index (χ3v) is 4.72. The number of rotatable bonds is 9. The Balaban J connectivity index is 1.76. The number of thiazole rings is 1. The van der Waals surface area contributed by atoms with Gasteiger partial charge in [-0.15, -0.1) is 11.3 Å². The zero-order valence-electron chi connectivity index (χ0n) is 16.1. The fraction of sp³-hybridized carbons (Fsp3) is 0.474. The van der Waals surface area contributed by atoms with Crippen molar-refractivity contribution in [3.8, 4) is 5.75 Å². The van der Waals surface area contributed by atoms with Gasteiger partial charge >= 0.3 is 0 Å². The maximum Gasteiger partial charge on any atom is 0.191 e. The molecule has 1 aromatic heterocycles. The van der Waals surface area contributed by atoms with E-state index in [4.69, 9.17) is 4.74 Å². The summed E-state index contributed by atoms with van der Waals surface area (Å²) in [6, 6.07) is 8.27. The van der Waals surface area contributed by atoms with Crippen molar-refractivity contribution in [2.75, 3.05) is 39.2 Å². The van der Waals surface area contributed by atoms with Gasteiger partial charge in [0.05, 0.1) is 18.8 Å². The standard InChI is InChI=1S/C19H29N5OS/c1-5-11-25-17-8-6-7-15(12-17)9-10-21-18(20-2)22-13-16-14-26-19(23-16)24(3)4/h6-8,12,14H,5,9-11,13H2,1-4H3,(H2,20,21,22). The SMILES string of the molecule is CCCOc1cccc(CCNC(=NC)NCc2csc(N(C)C)n2)c1. The molecule has 0 atom stereocenters. The highest BCUT2D eigenvalue weighted by molar-refractivity contribution is 7.13. The van der Waals surface area contributed by atoms with Crippen molar-refractivity contribution in [2.45, 2.75) is 26.3 Å². The Morgan fingerprint density at radius 1 is 1.31 bits per heavy atom. The average Bonchev–Trinajstić information content (AvgIpc) is 3.12. The van der Waals surface area contributed by atoms with E-state index in [1.165, 1.54) is 5.56 Å². The van der Waals surface area contributed by atoms with Crippen molar-refractivity contribution in [3.63, 3.8) is 0 Å². The molecule has 142 valence electrons. The van der Waals surface area contributed by atoms with E-state index in [0.717, 1.165) is 48.5 Å². The van der Waals surface area contributed by atoms with E-state index < -0.39 is 0 Å². The number of ether oxygens (including phenoxy) is 1. The van der Waals surface area contributed by atoms with Crippen LogP contribution >= 0.6 is 11.3 Å². The number of aliphatic imine (C=N–C) groups is 1. The van der Waals surface area contributed by atoms with Gasteiger partial charge in [0, 0.05) is 33.1 Å². The second-order valence-electron chi connectivity index (χ2n) is 6.11. The van der Waals surface area contributed by atoms with E-state index in [1.54, 1.807) is 18.4 Å². The molecule has 2 N–H and O–H groups in total. The maximum absolute atomic E-state index is 5.68. The molecule has 0 unspecified atom stereocenters. The van der Waals surface area contributed by atoms with Gasteiger partial charge in [-0.3, -0.25) is 4.99 Å². The minimum Gasteiger partial charge on any atom is -0.494 e. The van der Waals surface area contributed by atoms with Gasteiger partial charge in [-0.25, -0.2) is 4.98 Å². The number of hydrogen-bond acceptors (Lipinski definition) is 5. The van der Waals surface area contributed by atoms with Crippen molar-refractivity contribution in [3.05, 3.63) is 40.9 Å². The van der Waals surface area contributed by atoms with Gasteiger partial charge in [-0.2, -0.15) is 0 Å². The molecule has 0 aliphatic carbocycles. The van der Waals surface area contributed by atoms with Gasteiger partial charge < -0.3 is 20.3 Å². The zero-order valence-corrected chi connectivity index (χ0v) is 16.9. The van der Waals surface area contributed by atoms with E-state index >= 15 is 0 Å². The molecule has 0 bridgehead atoms. The molecular formula is C19H29N5OS. The van der Waals surface area contributed by atoms with Crippen molar-refractivity contribution < 1.29 is 4.74 Å². The van der Waals surface area contributed by atoms with Gasteiger partial charge in [0.25, 0.3) is 0 Å². The van der Waals surface area contributed by atoms with Crippen LogP contribution in [-0.2, 0) is 13.0 Å². The average molecular weight is 376 g/mol. The molecule has 0 saturated heterocycles. The first-order chi connectivity index (χ1) is 12.6. The topological polar surface area (TPSA) is 61.8 Å². The fourth-order valence-electron chi connectivity index (χ4n) is 2.31. The Labute approximate surface area is 160 Å². The van der Waals surface area contributed by atoms with Gasteiger partial charge in [0.2, 0.25) is 0 Å². The van der Waals surface area contributed by atoms with Crippen LogP contribution in [0.15, 0.2) is 34.6 Å². The van der Waals surface area contributed by atoms with Crippen LogP contribution in [0.5, 0.6) is 5.75 Å². The van der Waals surface area contributed by atoms with E-state index in [-0.39, 0.29) is 0 Å². The minimum atomic E-state index is 0.657. The van der Waals surface area contributed by atoms with Crippen molar-refractivity contribution >= 4 is 22.4 Å². The highest BCUT2D eigenvalue weighted by Crippen LogP contribution is 2.17. The molecule has 2 aromatic rings. The lowest BCUT2D eigenvalue weighted by molar-refractivity contribution is 0.317. The smallest absolute Gasteiger partial charge is 0.191 e. The summed E-state index contributed by atoms with van der Waals surface area (Å²) in [5, 5.41) is 9.72. The molecule has 7 heteroatoms. The second-order valence-corrected chi connectivity index (χ2v) is 6.95. The Bertz CT molecular complexity index is 699. The van der Waals surface area contributed by atoms with Gasteiger partial charge in [-0.1, -0.05) is 19.1 Å². The Hall–Kier alpha value is -2.28. The first-order valence-electron chi connectivity index (χ1n) is 8.90. The number of benzene rings is 1. The number of guanidine groups is 1. The van der Waals surface area contributed by atoms with Crippen LogP contribution in [0.4, 0.5) is 5.13 Å². The highest BCUT2D eigenvalue weighted by Gasteiger charge is 2.05. The van der Waals surface area contributed by atoms with E-state index in [1.807, 2.05) is 31.1 Å². The summed E-state index contributed by atoms with van der Waals surface area (Å²) in [7, 11) is 5.78. The van der Waals surface area contributed by atoms with Gasteiger partial charge in [-0.05, 0) is 30.5 Å². The Kier molecular flexibility index (Phi) is 8.21. The quantitative estimate of drug-likeness (QED) is 0.521. The predicted octanol–water partition coefficient (Wildman–Crippen LogP) is 2.91. The van der Waals surface area contributed by atoms with E-state index in [0.29, 0.717) is 6.54 Å². The van der Waals surface area contributed by atoms with Crippen LogP contribution < -0.4 is 20.3 Å². The molecule has 1 aromatic carbocycles. The molecule has 1 heterocycles. The molecule has 0 aliphatic rings. The minimum absolute atomic E-state index is 0.657. The monoisotopic (exact) mass is 375 g/mol. The lowest BCUT2D eigenvalue weighted by Gasteiger charge is -2.12. The van der Waals surface area contributed by atoms with Gasteiger partial charge in [0.15, 0.2) is 11.1 Å². The summed E-state index contributed by atoms with van der Waals surface area (Å²) in [5.41, 5.74) is 2.26. The normalized spacial score (nSPS) is 11.3. The maximum atomic E-state index is 5.68. The third-order valence-electron chi connectivity index (χ3n) is 3.66. The van der Waals surface area contributed by atoms with E-state index in [9.17, 15) is 0 Å². The summed E-state index contributed by atoms with van der Waals surface area (Å²) in [6.45, 7) is 4.32. The lowest BCUT2D eigenvalue weighted by Crippen LogP contribution is -2.37. The molecule has 2 rings (SSSR count). The number of hydrogen-bond donors (Lipinski definition) is 2. The summed E-state index contributed by atoms with van der Waals surface area (Å²) in [6.07, 6.45) is 1.92. The largest absolute Gasteiger partial charge is 0.494 e. The zero-order chi connectivity index (χ0) is 18.8. The number of nitrogens with zero attached hydrogens (tertiary/aromatic N) is 3. The van der Waals surface area contributed by atoms with Crippen molar-refractivity contribution in [2.24, 2.45) is 4.99 Å². The third kappa shape index (κ3) is 6.55. The second kappa shape index (κ2) is 10.7. The molecule has 6 nitrogen and oxygen atoms in total. The van der Waals surface area contributed by atoms with Crippen molar-refractivity contribution in [1.82, 2.24) is 15.6 Å². The lowest BCUT2D eigenvalue weighted by atomic mass is 10.1. The Morgan fingerprint density at radius 2 is 2.15 bits per heavy atom. The molecule has 26 heavy (non-hydrogen) atoms. The number of anilines is 1. The summed E-state index contributed by atoms with van der Waals surface area (Å²) in [5.74, 6) is 1.72. The predicted molar refractivity (Wildman–Crippen MR) is 111 cm³/mol. The van der Waals surface area contributed by atoms with Crippen LogP contribution in [0.25, 0.3) is 0 Å². The number of aromatic nitrogens is 1. The van der Waals surface area contributed by atoms with Crippen molar-refractivity contribution in [1.29, 1.82) is 0 Å². The van der Waals surface area contributed by atoms with E-state index in [2.05, 4.69) is 45.0 Å². The summed E-state index contributed by atoms with van der Waals surface area (Å²) < 4.78 is 5.68. The molecule has 0 spiro atoms. The number of nitrogens with one attached hydrogen (secondary N) is 2. The van der Waals surface area contributed by atoms with Crippen LogP contribution in [0, 0.1) is 0 Å². The van der Waals surface area contributed by atoms with Crippen LogP contribution in [-0.4, -0.2) is 45.2 Å². The van der Waals surface area contributed by atoms with Crippen LogP contribution in [0.1, 0.15) is 24.6 Å². The molecule has 0 radical (unpaired) electrons. The fourth-order valence-corrected chi connectivity index (χ4v) is 3.07. The summed E-state index contributed by atoms with van der Waals surface area (Å²) in [4.78, 5) is 10.8. The van der Waals surface area contributed by atoms with Crippen LogP contribution in [0.2, 0.25) is 0 Å². The highest BCUT2D eigenvalue weighted by atomic mass is 32.1. The first kappa shape index (κ1) is 20.0. The van der Waals surface area contributed by atoms with Gasteiger partial charge in [0.1, 0.15) is 5.75 Å². The molecule has 0 aliphatic heterocycles. The van der Waals surface area contributed by atoms with Crippen LogP contribution in [0.3, 0.4) is 0 Å².